The number of carbonyl (C=O) groups excluding carboxylic acids is 1. The van der Waals surface area contributed by atoms with Crippen molar-refractivity contribution in [3.8, 4) is 0 Å². The van der Waals surface area contributed by atoms with E-state index in [2.05, 4.69) is 16.7 Å². The lowest BCUT2D eigenvalue weighted by Gasteiger charge is -2.22. The van der Waals surface area contributed by atoms with E-state index >= 15 is 0 Å². The molecule has 2 N–H and O–H groups in total. The van der Waals surface area contributed by atoms with Crippen molar-refractivity contribution in [2.45, 2.75) is 24.9 Å². The van der Waals surface area contributed by atoms with Crippen molar-refractivity contribution in [1.29, 1.82) is 0 Å². The first-order valence-electron chi connectivity index (χ1n) is 9.26. The predicted octanol–water partition coefficient (Wildman–Crippen LogP) is 5.04. The van der Waals surface area contributed by atoms with Crippen molar-refractivity contribution in [2.75, 3.05) is 0 Å². The number of rotatable bonds is 4. The molecule has 0 spiro atoms. The smallest absolute Gasteiger partial charge is 0.316 e. The zero-order valence-corrected chi connectivity index (χ0v) is 15.2. The summed E-state index contributed by atoms with van der Waals surface area (Å²) in [5.41, 5.74) is 3.82. The fourth-order valence-electron chi connectivity index (χ4n) is 3.71. The molecule has 3 aromatic rings. The molecule has 0 saturated carbocycles. The maximum atomic E-state index is 13.3. The van der Waals surface area contributed by atoms with Gasteiger partial charge >= 0.3 is 6.03 Å². The van der Waals surface area contributed by atoms with Crippen LogP contribution in [0.4, 0.5) is 13.6 Å². The van der Waals surface area contributed by atoms with E-state index in [0.717, 1.165) is 29.5 Å². The molecule has 1 aliphatic carbocycles. The second-order valence-corrected chi connectivity index (χ2v) is 6.94. The summed E-state index contributed by atoms with van der Waals surface area (Å²) in [5.74, 6) is -0.706. The van der Waals surface area contributed by atoms with Gasteiger partial charge in [0.15, 0.2) is 0 Å². The Morgan fingerprint density at radius 3 is 2.04 bits per heavy atom. The third-order valence-electron chi connectivity index (χ3n) is 5.12. The van der Waals surface area contributed by atoms with E-state index < -0.39 is 6.04 Å². The molecule has 5 heteroatoms. The summed E-state index contributed by atoms with van der Waals surface area (Å²) < 4.78 is 26.7. The standard InChI is InChI=1S/C23H20F2N2O/c24-18-10-5-16(6-11-18)22(17-7-12-19(25)13-8-17)27-23(28)26-21-14-9-15-3-1-2-4-20(15)21/h1-8,10-13,21-22H,9,14H2,(H2,26,27,28)/t21-/m1/s1. The first-order chi connectivity index (χ1) is 13.6. The minimum absolute atomic E-state index is 0.0433. The molecule has 1 atom stereocenters. The highest BCUT2D eigenvalue weighted by atomic mass is 19.1. The topological polar surface area (TPSA) is 41.1 Å². The Bertz CT molecular complexity index is 925. The van der Waals surface area contributed by atoms with Gasteiger partial charge in [0.25, 0.3) is 0 Å². The lowest BCUT2D eigenvalue weighted by atomic mass is 9.98. The quantitative estimate of drug-likeness (QED) is 0.656. The summed E-state index contributed by atoms with van der Waals surface area (Å²) in [4.78, 5) is 12.7. The fraction of sp³-hybridized carbons (Fsp3) is 0.174. The molecular weight excluding hydrogens is 358 g/mol. The Balaban J connectivity index is 1.54. The summed E-state index contributed by atoms with van der Waals surface area (Å²) in [6.45, 7) is 0. The first-order valence-corrected chi connectivity index (χ1v) is 9.26. The molecule has 1 aliphatic rings. The average Bonchev–Trinajstić information content (AvgIpc) is 3.11. The second kappa shape index (κ2) is 7.80. The average molecular weight is 378 g/mol. The van der Waals surface area contributed by atoms with Gasteiger partial charge in [-0.15, -0.1) is 0 Å². The third-order valence-corrected chi connectivity index (χ3v) is 5.12. The number of fused-ring (bicyclic) bond motifs is 1. The van der Waals surface area contributed by atoms with Crippen LogP contribution in [0.3, 0.4) is 0 Å². The van der Waals surface area contributed by atoms with E-state index in [1.54, 1.807) is 24.3 Å². The Kier molecular flexibility index (Phi) is 5.06. The van der Waals surface area contributed by atoms with Gasteiger partial charge in [-0.3, -0.25) is 0 Å². The summed E-state index contributed by atoms with van der Waals surface area (Å²) in [6.07, 6.45) is 1.78. The summed E-state index contributed by atoms with van der Waals surface area (Å²) in [6, 6.07) is 19.1. The van der Waals surface area contributed by atoms with E-state index in [1.165, 1.54) is 29.8 Å². The van der Waals surface area contributed by atoms with E-state index in [4.69, 9.17) is 0 Å². The normalized spacial score (nSPS) is 15.3. The highest BCUT2D eigenvalue weighted by Crippen LogP contribution is 2.31. The molecular formula is C23H20F2N2O. The van der Waals surface area contributed by atoms with Gasteiger partial charge in [-0.25, -0.2) is 13.6 Å². The molecule has 0 bridgehead atoms. The maximum absolute atomic E-state index is 13.3. The van der Waals surface area contributed by atoms with Crippen molar-refractivity contribution in [1.82, 2.24) is 10.6 Å². The molecule has 0 heterocycles. The first kappa shape index (κ1) is 18.2. The number of benzene rings is 3. The minimum atomic E-state index is -0.516. The summed E-state index contributed by atoms with van der Waals surface area (Å²) >= 11 is 0. The van der Waals surface area contributed by atoms with Gasteiger partial charge in [0.05, 0.1) is 12.1 Å². The molecule has 3 nitrogen and oxygen atoms in total. The molecule has 0 unspecified atom stereocenters. The number of nitrogens with one attached hydrogen (secondary N) is 2. The van der Waals surface area contributed by atoms with Crippen LogP contribution in [-0.4, -0.2) is 6.03 Å². The van der Waals surface area contributed by atoms with Gasteiger partial charge in [0, 0.05) is 0 Å². The lowest BCUT2D eigenvalue weighted by Crippen LogP contribution is -2.39. The van der Waals surface area contributed by atoms with Crippen LogP contribution in [0.5, 0.6) is 0 Å². The van der Waals surface area contributed by atoms with Crippen LogP contribution < -0.4 is 10.6 Å². The number of hydrogen-bond donors (Lipinski definition) is 2. The van der Waals surface area contributed by atoms with Crippen LogP contribution in [0.15, 0.2) is 72.8 Å². The second-order valence-electron chi connectivity index (χ2n) is 6.94. The molecule has 3 aromatic carbocycles. The Morgan fingerprint density at radius 1 is 0.857 bits per heavy atom. The zero-order chi connectivity index (χ0) is 19.5. The molecule has 0 radical (unpaired) electrons. The number of carbonyl (C=O) groups is 1. The number of hydrogen-bond acceptors (Lipinski definition) is 1. The molecule has 0 aromatic heterocycles. The molecule has 142 valence electrons. The van der Waals surface area contributed by atoms with Crippen LogP contribution >= 0.6 is 0 Å². The molecule has 0 saturated heterocycles. The van der Waals surface area contributed by atoms with Gasteiger partial charge in [0.1, 0.15) is 11.6 Å². The predicted molar refractivity (Wildman–Crippen MR) is 104 cm³/mol. The number of aryl methyl sites for hydroxylation is 1. The fourth-order valence-corrected chi connectivity index (χ4v) is 3.71. The summed E-state index contributed by atoms with van der Waals surface area (Å²) in [5, 5.41) is 5.98. The van der Waals surface area contributed by atoms with Crippen LogP contribution in [-0.2, 0) is 6.42 Å². The SMILES string of the molecule is O=C(NC(c1ccc(F)cc1)c1ccc(F)cc1)N[C@@H]1CCc2ccccc21. The van der Waals surface area contributed by atoms with Crippen molar-refractivity contribution >= 4 is 6.03 Å². The molecule has 4 rings (SSSR count). The van der Waals surface area contributed by atoms with Gasteiger partial charge in [-0.05, 0) is 59.4 Å². The van der Waals surface area contributed by atoms with Crippen LogP contribution in [0.1, 0.15) is 40.8 Å². The molecule has 2 amide bonds. The van der Waals surface area contributed by atoms with Crippen molar-refractivity contribution < 1.29 is 13.6 Å². The van der Waals surface area contributed by atoms with Crippen LogP contribution in [0, 0.1) is 11.6 Å². The monoisotopic (exact) mass is 378 g/mol. The Labute approximate surface area is 162 Å². The van der Waals surface area contributed by atoms with Gasteiger partial charge in [-0.1, -0.05) is 48.5 Å². The van der Waals surface area contributed by atoms with Gasteiger partial charge < -0.3 is 10.6 Å². The van der Waals surface area contributed by atoms with E-state index in [1.807, 2.05) is 18.2 Å². The number of amides is 2. The van der Waals surface area contributed by atoms with Gasteiger partial charge in [-0.2, -0.15) is 0 Å². The molecule has 0 aliphatic heterocycles. The van der Waals surface area contributed by atoms with Crippen molar-refractivity contribution in [3.63, 3.8) is 0 Å². The molecule has 0 fully saturated rings. The largest absolute Gasteiger partial charge is 0.331 e. The van der Waals surface area contributed by atoms with Crippen LogP contribution in [0.25, 0.3) is 0 Å². The lowest BCUT2D eigenvalue weighted by molar-refractivity contribution is 0.235. The number of halogens is 2. The highest BCUT2D eigenvalue weighted by Gasteiger charge is 2.25. The highest BCUT2D eigenvalue weighted by molar-refractivity contribution is 5.76. The van der Waals surface area contributed by atoms with Gasteiger partial charge in [0.2, 0.25) is 0 Å². The zero-order valence-electron chi connectivity index (χ0n) is 15.2. The third kappa shape index (κ3) is 3.88. The minimum Gasteiger partial charge on any atom is -0.331 e. The molecule has 28 heavy (non-hydrogen) atoms. The van der Waals surface area contributed by atoms with E-state index in [9.17, 15) is 13.6 Å². The van der Waals surface area contributed by atoms with Crippen LogP contribution in [0.2, 0.25) is 0 Å². The number of urea groups is 1. The van der Waals surface area contributed by atoms with E-state index in [0.29, 0.717) is 0 Å². The Hall–Kier alpha value is -3.21. The summed E-state index contributed by atoms with van der Waals surface area (Å²) in [7, 11) is 0. The maximum Gasteiger partial charge on any atom is 0.316 e. The van der Waals surface area contributed by atoms with Crippen molar-refractivity contribution in [3.05, 3.63) is 107 Å². The van der Waals surface area contributed by atoms with Crippen molar-refractivity contribution in [2.24, 2.45) is 0 Å². The Morgan fingerprint density at radius 2 is 1.43 bits per heavy atom. The van der Waals surface area contributed by atoms with E-state index in [-0.39, 0.29) is 23.7 Å².